The standard InChI is InChI=1S/C25H24N2O5S/c28-24(19-6-2-1-3-7-19)20-10-12-21(13-11-20)25(29)26-18-22-8-4-5-9-23(22)33(30,31)27-14-16-32-17-15-27/h1-13H,14-18H2,(H,26,29). The van der Waals surface area contributed by atoms with Crippen LogP contribution in [-0.4, -0.2) is 50.7 Å². The van der Waals surface area contributed by atoms with Crippen LogP contribution < -0.4 is 5.32 Å². The van der Waals surface area contributed by atoms with E-state index >= 15 is 0 Å². The predicted molar refractivity (Wildman–Crippen MR) is 124 cm³/mol. The van der Waals surface area contributed by atoms with Crippen LogP contribution in [0.1, 0.15) is 31.8 Å². The molecule has 0 atom stereocenters. The van der Waals surface area contributed by atoms with E-state index < -0.39 is 10.0 Å². The predicted octanol–water partition coefficient (Wildman–Crippen LogP) is 2.87. The molecule has 1 fully saturated rings. The van der Waals surface area contributed by atoms with Gasteiger partial charge in [0.25, 0.3) is 5.91 Å². The van der Waals surface area contributed by atoms with Gasteiger partial charge in [0, 0.05) is 36.3 Å². The number of ketones is 1. The first-order valence-corrected chi connectivity index (χ1v) is 12.0. The topological polar surface area (TPSA) is 92.8 Å². The molecule has 1 saturated heterocycles. The number of hydrogen-bond donors (Lipinski definition) is 1. The summed E-state index contributed by atoms with van der Waals surface area (Å²) in [6.45, 7) is 1.39. The minimum Gasteiger partial charge on any atom is -0.379 e. The van der Waals surface area contributed by atoms with E-state index in [-0.39, 0.29) is 23.1 Å². The molecule has 1 aliphatic heterocycles. The van der Waals surface area contributed by atoms with Crippen LogP contribution in [0.3, 0.4) is 0 Å². The van der Waals surface area contributed by atoms with E-state index in [9.17, 15) is 18.0 Å². The summed E-state index contributed by atoms with van der Waals surface area (Å²) >= 11 is 0. The van der Waals surface area contributed by atoms with Crippen molar-refractivity contribution in [2.75, 3.05) is 26.3 Å². The van der Waals surface area contributed by atoms with Crippen molar-refractivity contribution in [3.05, 3.63) is 101 Å². The number of ether oxygens (including phenoxy) is 1. The fourth-order valence-electron chi connectivity index (χ4n) is 3.63. The number of amides is 1. The van der Waals surface area contributed by atoms with E-state index in [1.165, 1.54) is 4.31 Å². The van der Waals surface area contributed by atoms with Crippen molar-refractivity contribution in [2.45, 2.75) is 11.4 Å². The average molecular weight is 465 g/mol. The normalized spacial score (nSPS) is 14.5. The number of rotatable bonds is 7. The van der Waals surface area contributed by atoms with Gasteiger partial charge in [0.05, 0.1) is 18.1 Å². The van der Waals surface area contributed by atoms with Crippen molar-refractivity contribution in [1.29, 1.82) is 0 Å². The van der Waals surface area contributed by atoms with Crippen molar-refractivity contribution in [3.8, 4) is 0 Å². The van der Waals surface area contributed by atoms with Gasteiger partial charge in [-0.25, -0.2) is 8.42 Å². The lowest BCUT2D eigenvalue weighted by Gasteiger charge is -2.27. The van der Waals surface area contributed by atoms with Gasteiger partial charge in [0.2, 0.25) is 10.0 Å². The van der Waals surface area contributed by atoms with Gasteiger partial charge in [-0.05, 0) is 23.8 Å². The molecule has 0 aromatic heterocycles. The van der Waals surface area contributed by atoms with Gasteiger partial charge in [-0.15, -0.1) is 0 Å². The Labute approximate surface area is 193 Å². The molecule has 3 aromatic rings. The zero-order valence-corrected chi connectivity index (χ0v) is 18.8. The second-order valence-corrected chi connectivity index (χ2v) is 9.49. The second-order valence-electron chi connectivity index (χ2n) is 7.58. The first-order chi connectivity index (χ1) is 16.0. The minimum absolute atomic E-state index is 0.0588. The Balaban J connectivity index is 1.45. The summed E-state index contributed by atoms with van der Waals surface area (Å²) in [6.07, 6.45) is 0. The molecule has 1 amide bonds. The maximum absolute atomic E-state index is 13.1. The highest BCUT2D eigenvalue weighted by Gasteiger charge is 2.28. The first kappa shape index (κ1) is 22.8. The molecule has 8 heteroatoms. The van der Waals surface area contributed by atoms with Crippen LogP contribution in [-0.2, 0) is 21.3 Å². The Kier molecular flexibility index (Phi) is 6.98. The second kappa shape index (κ2) is 10.1. The molecule has 0 radical (unpaired) electrons. The molecule has 1 aliphatic rings. The summed E-state index contributed by atoms with van der Waals surface area (Å²) in [7, 11) is -3.68. The largest absolute Gasteiger partial charge is 0.379 e. The summed E-state index contributed by atoms with van der Waals surface area (Å²) < 4.78 is 32.8. The average Bonchev–Trinajstić information content (AvgIpc) is 2.88. The van der Waals surface area contributed by atoms with E-state index in [1.807, 2.05) is 6.07 Å². The monoisotopic (exact) mass is 464 g/mol. The lowest BCUT2D eigenvalue weighted by atomic mass is 10.0. The van der Waals surface area contributed by atoms with Crippen LogP contribution >= 0.6 is 0 Å². The molecule has 0 saturated carbocycles. The van der Waals surface area contributed by atoms with Crippen LogP contribution in [0.4, 0.5) is 0 Å². The molecule has 33 heavy (non-hydrogen) atoms. The number of nitrogens with zero attached hydrogens (tertiary/aromatic N) is 1. The molecular weight excluding hydrogens is 440 g/mol. The highest BCUT2D eigenvalue weighted by atomic mass is 32.2. The Morgan fingerprint density at radius 3 is 2.06 bits per heavy atom. The van der Waals surface area contributed by atoms with Gasteiger partial charge < -0.3 is 10.1 Å². The molecule has 170 valence electrons. The molecule has 0 spiro atoms. The number of carbonyl (C=O) groups is 2. The van der Waals surface area contributed by atoms with Gasteiger partial charge in [-0.2, -0.15) is 4.31 Å². The van der Waals surface area contributed by atoms with E-state index in [2.05, 4.69) is 5.32 Å². The fraction of sp³-hybridized carbons (Fsp3) is 0.200. The first-order valence-electron chi connectivity index (χ1n) is 10.6. The van der Waals surface area contributed by atoms with Gasteiger partial charge in [-0.1, -0.05) is 60.7 Å². The minimum atomic E-state index is -3.68. The summed E-state index contributed by atoms with van der Waals surface area (Å²) in [5, 5.41) is 2.78. The maximum atomic E-state index is 13.1. The maximum Gasteiger partial charge on any atom is 0.251 e. The number of benzene rings is 3. The third-order valence-corrected chi connectivity index (χ3v) is 7.44. The van der Waals surface area contributed by atoms with Crippen molar-refractivity contribution in [2.24, 2.45) is 0 Å². The molecule has 0 aliphatic carbocycles. The summed E-state index contributed by atoms with van der Waals surface area (Å²) in [4.78, 5) is 25.4. The molecule has 0 unspecified atom stereocenters. The Morgan fingerprint density at radius 1 is 0.788 bits per heavy atom. The summed E-state index contributed by atoms with van der Waals surface area (Å²) in [5.41, 5.74) is 1.95. The Morgan fingerprint density at radius 2 is 1.36 bits per heavy atom. The molecule has 1 heterocycles. The Hall–Kier alpha value is -3.33. The number of sulfonamides is 1. The highest BCUT2D eigenvalue weighted by Crippen LogP contribution is 2.21. The lowest BCUT2D eigenvalue weighted by Crippen LogP contribution is -2.41. The lowest BCUT2D eigenvalue weighted by molar-refractivity contribution is 0.0730. The van der Waals surface area contributed by atoms with E-state index in [0.29, 0.717) is 48.6 Å². The zero-order valence-electron chi connectivity index (χ0n) is 17.9. The molecule has 0 bridgehead atoms. The Bertz CT molecular complexity index is 1240. The quantitative estimate of drug-likeness (QED) is 0.543. The van der Waals surface area contributed by atoms with Crippen molar-refractivity contribution in [1.82, 2.24) is 9.62 Å². The third kappa shape index (κ3) is 5.19. The van der Waals surface area contributed by atoms with Gasteiger partial charge in [-0.3, -0.25) is 9.59 Å². The van der Waals surface area contributed by atoms with Crippen LogP contribution in [0.15, 0.2) is 83.8 Å². The molecule has 7 nitrogen and oxygen atoms in total. The fourth-order valence-corrected chi connectivity index (χ4v) is 5.26. The van der Waals surface area contributed by atoms with E-state index in [1.54, 1.807) is 72.8 Å². The highest BCUT2D eigenvalue weighted by molar-refractivity contribution is 7.89. The van der Waals surface area contributed by atoms with Crippen molar-refractivity contribution in [3.63, 3.8) is 0 Å². The smallest absolute Gasteiger partial charge is 0.251 e. The molecule has 3 aromatic carbocycles. The van der Waals surface area contributed by atoms with Gasteiger partial charge in [0.15, 0.2) is 5.78 Å². The van der Waals surface area contributed by atoms with Gasteiger partial charge in [0.1, 0.15) is 0 Å². The number of nitrogens with one attached hydrogen (secondary N) is 1. The van der Waals surface area contributed by atoms with Crippen LogP contribution in [0, 0.1) is 0 Å². The molecule has 4 rings (SSSR count). The molecule has 1 N–H and O–H groups in total. The number of morpholine rings is 1. The van der Waals surface area contributed by atoms with Gasteiger partial charge >= 0.3 is 0 Å². The van der Waals surface area contributed by atoms with E-state index in [4.69, 9.17) is 4.74 Å². The number of hydrogen-bond acceptors (Lipinski definition) is 5. The van der Waals surface area contributed by atoms with Crippen molar-refractivity contribution >= 4 is 21.7 Å². The van der Waals surface area contributed by atoms with E-state index in [0.717, 1.165) is 0 Å². The molecular formula is C25H24N2O5S. The summed E-state index contributed by atoms with van der Waals surface area (Å²) in [6, 6.07) is 22.0. The number of carbonyl (C=O) groups excluding carboxylic acids is 2. The van der Waals surface area contributed by atoms with Crippen LogP contribution in [0.25, 0.3) is 0 Å². The van der Waals surface area contributed by atoms with Crippen LogP contribution in [0.5, 0.6) is 0 Å². The summed E-state index contributed by atoms with van der Waals surface area (Å²) in [5.74, 6) is -0.475. The third-order valence-electron chi connectivity index (χ3n) is 5.45. The zero-order chi connectivity index (χ0) is 23.3. The van der Waals surface area contributed by atoms with Crippen LogP contribution in [0.2, 0.25) is 0 Å². The SMILES string of the molecule is O=C(NCc1ccccc1S(=O)(=O)N1CCOCC1)c1ccc(C(=O)c2ccccc2)cc1. The van der Waals surface area contributed by atoms with Crippen molar-refractivity contribution < 1.29 is 22.7 Å².